The molecule has 0 saturated heterocycles. The molecule has 170 valence electrons. The first-order chi connectivity index (χ1) is 13.8. The molecule has 30 heavy (non-hydrogen) atoms. The van der Waals surface area contributed by atoms with E-state index in [1.807, 2.05) is 0 Å². The van der Waals surface area contributed by atoms with Crippen molar-refractivity contribution in [2.24, 2.45) is 11.7 Å². The van der Waals surface area contributed by atoms with Crippen LogP contribution in [0.3, 0.4) is 0 Å². The number of carboxylic acids is 3. The van der Waals surface area contributed by atoms with Crippen molar-refractivity contribution < 1.29 is 44.1 Å². The van der Waals surface area contributed by atoms with Gasteiger partial charge in [-0.1, -0.05) is 13.8 Å². The Morgan fingerprint density at radius 3 is 1.80 bits per heavy atom. The summed E-state index contributed by atoms with van der Waals surface area (Å²) in [5, 5.41) is 33.2. The van der Waals surface area contributed by atoms with E-state index < -0.39 is 78.6 Å². The lowest BCUT2D eigenvalue weighted by Gasteiger charge is -2.25. The fraction of sp³-hybridized carbons (Fsp3) is 0.647. The highest BCUT2D eigenvalue weighted by atomic mass is 16.4. The Kier molecular flexibility index (Phi) is 11.0. The third-order valence-corrected chi connectivity index (χ3v) is 3.99. The van der Waals surface area contributed by atoms with Gasteiger partial charge in [0.1, 0.15) is 18.1 Å². The van der Waals surface area contributed by atoms with E-state index in [1.54, 1.807) is 13.8 Å². The number of carboxylic acid groups (broad SMARTS) is 3. The topological polar surface area (TPSA) is 225 Å². The fourth-order valence-corrected chi connectivity index (χ4v) is 2.27. The molecule has 8 N–H and O–H groups in total. The normalized spacial score (nSPS) is 14.7. The molecule has 0 aromatic heterocycles. The molecule has 0 rings (SSSR count). The van der Waals surface area contributed by atoms with E-state index in [1.165, 1.54) is 6.92 Å². The molecular formula is C17H28N4O9. The van der Waals surface area contributed by atoms with Gasteiger partial charge in [0, 0.05) is 6.42 Å². The average Bonchev–Trinajstić information content (AvgIpc) is 2.60. The summed E-state index contributed by atoms with van der Waals surface area (Å²) in [4.78, 5) is 69.0. The van der Waals surface area contributed by atoms with Crippen LogP contribution in [0.5, 0.6) is 0 Å². The van der Waals surface area contributed by atoms with Crippen LogP contribution in [-0.2, 0) is 28.8 Å². The number of hydrogen-bond donors (Lipinski definition) is 7. The maximum absolute atomic E-state index is 12.5. The summed E-state index contributed by atoms with van der Waals surface area (Å²) >= 11 is 0. The predicted octanol–water partition coefficient (Wildman–Crippen LogP) is -2.13. The van der Waals surface area contributed by atoms with Gasteiger partial charge in [0.2, 0.25) is 17.7 Å². The van der Waals surface area contributed by atoms with Crippen molar-refractivity contribution in [3.63, 3.8) is 0 Å². The van der Waals surface area contributed by atoms with Crippen LogP contribution < -0.4 is 21.7 Å². The summed E-state index contributed by atoms with van der Waals surface area (Å²) in [5.74, 6) is -6.87. The number of carbonyl (C=O) groups is 6. The van der Waals surface area contributed by atoms with E-state index in [4.69, 9.17) is 21.1 Å². The summed E-state index contributed by atoms with van der Waals surface area (Å²) in [7, 11) is 0. The van der Waals surface area contributed by atoms with E-state index in [-0.39, 0.29) is 6.42 Å². The summed E-state index contributed by atoms with van der Waals surface area (Å²) in [6.45, 7) is 4.48. The first-order valence-corrected chi connectivity index (χ1v) is 9.09. The standard InChI is InChI=1S/C17H28N4O9/c1-7(2)13(21-15(27)9(18)6-12(24)25)16(28)19-8(3)14(26)20-10(17(29)30)4-5-11(22)23/h7-10,13H,4-6,18H2,1-3H3,(H,19,28)(H,20,26)(H,21,27)(H,22,23)(H,24,25)(H,29,30). The van der Waals surface area contributed by atoms with Crippen LogP contribution in [-0.4, -0.2) is 75.1 Å². The molecule has 0 aliphatic heterocycles. The Morgan fingerprint density at radius 2 is 1.37 bits per heavy atom. The molecule has 13 heteroatoms. The zero-order valence-electron chi connectivity index (χ0n) is 16.9. The molecule has 0 fully saturated rings. The SMILES string of the molecule is CC(NC(=O)C(NC(=O)C(N)CC(=O)O)C(C)C)C(=O)NC(CCC(=O)O)C(=O)O. The van der Waals surface area contributed by atoms with Crippen molar-refractivity contribution in [2.45, 2.75) is 64.2 Å². The van der Waals surface area contributed by atoms with Gasteiger partial charge >= 0.3 is 17.9 Å². The molecule has 0 aliphatic carbocycles. The number of nitrogens with one attached hydrogen (secondary N) is 3. The lowest BCUT2D eigenvalue weighted by molar-refractivity contribution is -0.143. The maximum Gasteiger partial charge on any atom is 0.326 e. The Morgan fingerprint density at radius 1 is 0.800 bits per heavy atom. The first kappa shape index (κ1) is 26.8. The number of carbonyl (C=O) groups excluding carboxylic acids is 3. The monoisotopic (exact) mass is 432 g/mol. The Balaban J connectivity index is 4.99. The molecular weight excluding hydrogens is 404 g/mol. The summed E-state index contributed by atoms with van der Waals surface area (Å²) in [5.41, 5.74) is 5.46. The zero-order valence-corrected chi connectivity index (χ0v) is 16.9. The molecule has 3 amide bonds. The number of rotatable bonds is 13. The van der Waals surface area contributed by atoms with Crippen LogP contribution in [0.4, 0.5) is 0 Å². The average molecular weight is 432 g/mol. The summed E-state index contributed by atoms with van der Waals surface area (Å²) < 4.78 is 0. The molecule has 0 radical (unpaired) electrons. The molecule has 0 heterocycles. The Hall–Kier alpha value is -3.22. The first-order valence-electron chi connectivity index (χ1n) is 9.09. The minimum Gasteiger partial charge on any atom is -0.481 e. The van der Waals surface area contributed by atoms with Gasteiger partial charge in [-0.05, 0) is 19.3 Å². The number of hydrogen-bond acceptors (Lipinski definition) is 7. The van der Waals surface area contributed by atoms with Gasteiger partial charge < -0.3 is 37.0 Å². The lowest BCUT2D eigenvalue weighted by Crippen LogP contribution is -2.57. The van der Waals surface area contributed by atoms with Crippen molar-refractivity contribution >= 4 is 35.6 Å². The highest BCUT2D eigenvalue weighted by Crippen LogP contribution is 2.04. The van der Waals surface area contributed by atoms with Crippen LogP contribution in [0.2, 0.25) is 0 Å². The van der Waals surface area contributed by atoms with Crippen molar-refractivity contribution in [2.75, 3.05) is 0 Å². The van der Waals surface area contributed by atoms with Crippen molar-refractivity contribution in [3.05, 3.63) is 0 Å². The predicted molar refractivity (Wildman–Crippen MR) is 101 cm³/mol. The number of amides is 3. The molecule has 0 spiro atoms. The maximum atomic E-state index is 12.5. The highest BCUT2D eigenvalue weighted by molar-refractivity contribution is 5.94. The molecule has 13 nitrogen and oxygen atoms in total. The van der Waals surface area contributed by atoms with E-state index in [2.05, 4.69) is 16.0 Å². The van der Waals surface area contributed by atoms with Gasteiger partial charge in [-0.3, -0.25) is 24.0 Å². The second-order valence-electron chi connectivity index (χ2n) is 7.00. The summed E-state index contributed by atoms with van der Waals surface area (Å²) in [6.07, 6.45) is -1.46. The highest BCUT2D eigenvalue weighted by Gasteiger charge is 2.30. The molecule has 0 aromatic rings. The molecule has 0 bridgehead atoms. The minimum atomic E-state index is -1.46. The largest absolute Gasteiger partial charge is 0.481 e. The number of nitrogens with two attached hydrogens (primary N) is 1. The minimum absolute atomic E-state index is 0.344. The van der Waals surface area contributed by atoms with Gasteiger partial charge in [-0.2, -0.15) is 0 Å². The van der Waals surface area contributed by atoms with Crippen LogP contribution in [0.25, 0.3) is 0 Å². The Bertz CT molecular complexity index is 680. The summed E-state index contributed by atoms with van der Waals surface area (Å²) in [6, 6.07) is -5.16. The number of aliphatic carboxylic acids is 3. The molecule has 4 atom stereocenters. The quantitative estimate of drug-likeness (QED) is 0.167. The van der Waals surface area contributed by atoms with Crippen molar-refractivity contribution in [3.8, 4) is 0 Å². The molecule has 0 aliphatic rings. The third-order valence-electron chi connectivity index (χ3n) is 3.99. The van der Waals surface area contributed by atoms with Gasteiger partial charge in [-0.25, -0.2) is 4.79 Å². The molecule has 4 unspecified atom stereocenters. The molecule has 0 aromatic carbocycles. The van der Waals surface area contributed by atoms with Crippen molar-refractivity contribution in [1.29, 1.82) is 0 Å². The fourth-order valence-electron chi connectivity index (χ4n) is 2.27. The van der Waals surface area contributed by atoms with Gasteiger partial charge in [0.05, 0.1) is 12.5 Å². The van der Waals surface area contributed by atoms with Gasteiger partial charge in [0.25, 0.3) is 0 Å². The van der Waals surface area contributed by atoms with Crippen LogP contribution in [0.15, 0.2) is 0 Å². The molecule has 0 saturated carbocycles. The van der Waals surface area contributed by atoms with E-state index in [9.17, 15) is 28.8 Å². The zero-order chi connectivity index (χ0) is 23.6. The third kappa shape index (κ3) is 9.82. The van der Waals surface area contributed by atoms with E-state index >= 15 is 0 Å². The van der Waals surface area contributed by atoms with Gasteiger partial charge in [0.15, 0.2) is 0 Å². The van der Waals surface area contributed by atoms with Crippen LogP contribution in [0.1, 0.15) is 40.0 Å². The lowest BCUT2D eigenvalue weighted by atomic mass is 10.0. The van der Waals surface area contributed by atoms with E-state index in [0.29, 0.717) is 0 Å². The second-order valence-corrected chi connectivity index (χ2v) is 7.00. The smallest absolute Gasteiger partial charge is 0.326 e. The van der Waals surface area contributed by atoms with Gasteiger partial charge in [-0.15, -0.1) is 0 Å². The van der Waals surface area contributed by atoms with Crippen LogP contribution in [0, 0.1) is 5.92 Å². The Labute approximate surface area is 172 Å². The van der Waals surface area contributed by atoms with Crippen molar-refractivity contribution in [1.82, 2.24) is 16.0 Å². The van der Waals surface area contributed by atoms with Crippen LogP contribution >= 0.6 is 0 Å². The van der Waals surface area contributed by atoms with E-state index in [0.717, 1.165) is 0 Å². The second kappa shape index (κ2) is 12.4.